The molecule has 0 saturated heterocycles. The van der Waals surface area contributed by atoms with Gasteiger partial charge >= 0.3 is 0 Å². The van der Waals surface area contributed by atoms with Crippen molar-refractivity contribution < 1.29 is 5.11 Å². The minimum absolute atomic E-state index is 0.204. The normalized spacial score (nSPS) is 31.6. The van der Waals surface area contributed by atoms with Gasteiger partial charge in [-0.15, -0.1) is 0 Å². The summed E-state index contributed by atoms with van der Waals surface area (Å²) in [6.45, 7) is 2.31. The summed E-state index contributed by atoms with van der Waals surface area (Å²) in [4.78, 5) is 0. The van der Waals surface area contributed by atoms with E-state index in [0.29, 0.717) is 0 Å². The van der Waals surface area contributed by atoms with Crippen LogP contribution >= 0.6 is 0 Å². The zero-order chi connectivity index (χ0) is 10.3. The Balaban J connectivity index is 2.55. The van der Waals surface area contributed by atoms with E-state index < -0.39 is 5.60 Å². The minimum Gasteiger partial charge on any atom is -0.382 e. The van der Waals surface area contributed by atoms with E-state index in [-0.39, 0.29) is 12.5 Å². The smallest absolute Gasteiger partial charge is 0.121 e. The van der Waals surface area contributed by atoms with Crippen LogP contribution in [0.4, 0.5) is 0 Å². The quantitative estimate of drug-likeness (QED) is 0.670. The van der Waals surface area contributed by atoms with Crippen LogP contribution < -0.4 is 5.73 Å². The molecule has 1 aromatic heterocycles. The molecule has 4 nitrogen and oxygen atoms in total. The molecule has 3 N–H and O–H groups in total. The molecule has 1 aliphatic carbocycles. The van der Waals surface area contributed by atoms with Gasteiger partial charge in [-0.3, -0.25) is 4.68 Å². The minimum atomic E-state index is -0.890. The first-order chi connectivity index (χ1) is 6.59. The second-order valence-electron chi connectivity index (χ2n) is 4.21. The lowest BCUT2D eigenvalue weighted by molar-refractivity contribution is -0.0261. The van der Waals surface area contributed by atoms with E-state index >= 15 is 0 Å². The van der Waals surface area contributed by atoms with Gasteiger partial charge in [-0.1, -0.05) is 6.92 Å². The summed E-state index contributed by atoms with van der Waals surface area (Å²) in [5.74, 6) is 0.204. The van der Waals surface area contributed by atoms with Crippen molar-refractivity contribution in [2.75, 3.05) is 6.54 Å². The Labute approximate surface area is 83.7 Å². The Kier molecular flexibility index (Phi) is 2.12. The monoisotopic (exact) mass is 195 g/mol. The SMILES string of the molecule is CC1CCc2cnn(C)c2C1(O)CN. The van der Waals surface area contributed by atoms with Crippen molar-refractivity contribution in [3.05, 3.63) is 17.5 Å². The van der Waals surface area contributed by atoms with Gasteiger partial charge in [0, 0.05) is 13.6 Å². The molecule has 0 radical (unpaired) electrons. The van der Waals surface area contributed by atoms with E-state index in [2.05, 4.69) is 5.10 Å². The average Bonchev–Trinajstić information content (AvgIpc) is 2.55. The highest BCUT2D eigenvalue weighted by Gasteiger charge is 2.41. The van der Waals surface area contributed by atoms with Crippen molar-refractivity contribution in [2.45, 2.75) is 25.4 Å². The predicted molar refractivity (Wildman–Crippen MR) is 53.6 cm³/mol. The summed E-state index contributed by atoms with van der Waals surface area (Å²) in [5.41, 5.74) is 6.83. The standard InChI is InChI=1S/C10H17N3O/c1-7-3-4-8-5-12-13(2)9(8)10(7,14)6-11/h5,7,14H,3-4,6,11H2,1-2H3. The number of aliphatic hydroxyl groups is 1. The molecule has 0 saturated carbocycles. The van der Waals surface area contributed by atoms with E-state index in [1.807, 2.05) is 20.2 Å². The molecule has 0 bridgehead atoms. The van der Waals surface area contributed by atoms with E-state index in [0.717, 1.165) is 24.1 Å². The van der Waals surface area contributed by atoms with Crippen LogP contribution in [0.3, 0.4) is 0 Å². The number of aryl methyl sites for hydroxylation is 2. The molecule has 2 atom stereocenters. The van der Waals surface area contributed by atoms with Crippen LogP contribution in [0.2, 0.25) is 0 Å². The summed E-state index contributed by atoms with van der Waals surface area (Å²) in [6.07, 6.45) is 3.81. The van der Waals surface area contributed by atoms with Crippen molar-refractivity contribution in [3.8, 4) is 0 Å². The summed E-state index contributed by atoms with van der Waals surface area (Å²) in [6, 6.07) is 0. The zero-order valence-electron chi connectivity index (χ0n) is 8.70. The predicted octanol–water partition coefficient (Wildman–Crippen LogP) is 0.149. The van der Waals surface area contributed by atoms with Crippen molar-refractivity contribution in [2.24, 2.45) is 18.7 Å². The number of rotatable bonds is 1. The first-order valence-corrected chi connectivity index (χ1v) is 5.03. The molecule has 0 amide bonds. The van der Waals surface area contributed by atoms with Crippen molar-refractivity contribution in [3.63, 3.8) is 0 Å². The second kappa shape index (κ2) is 3.07. The Bertz CT molecular complexity index is 347. The second-order valence-corrected chi connectivity index (χ2v) is 4.21. The van der Waals surface area contributed by atoms with E-state index in [1.54, 1.807) is 4.68 Å². The molecule has 1 heterocycles. The van der Waals surface area contributed by atoms with Crippen molar-refractivity contribution in [1.29, 1.82) is 0 Å². The molecule has 0 fully saturated rings. The number of hydrogen-bond acceptors (Lipinski definition) is 3. The first-order valence-electron chi connectivity index (χ1n) is 5.03. The fourth-order valence-corrected chi connectivity index (χ4v) is 2.37. The van der Waals surface area contributed by atoms with Gasteiger partial charge in [0.15, 0.2) is 0 Å². The third kappa shape index (κ3) is 1.11. The van der Waals surface area contributed by atoms with Gasteiger partial charge in [-0.2, -0.15) is 5.10 Å². The largest absolute Gasteiger partial charge is 0.382 e. The van der Waals surface area contributed by atoms with Gasteiger partial charge in [-0.05, 0) is 24.3 Å². The number of hydrogen-bond donors (Lipinski definition) is 2. The number of nitrogens with zero attached hydrogens (tertiary/aromatic N) is 2. The Morgan fingerprint density at radius 1 is 1.79 bits per heavy atom. The Hall–Kier alpha value is -0.870. The molecular weight excluding hydrogens is 178 g/mol. The molecule has 14 heavy (non-hydrogen) atoms. The zero-order valence-corrected chi connectivity index (χ0v) is 8.70. The third-order valence-corrected chi connectivity index (χ3v) is 3.40. The fourth-order valence-electron chi connectivity index (χ4n) is 2.37. The van der Waals surface area contributed by atoms with Crippen LogP contribution in [0, 0.1) is 5.92 Å². The maximum absolute atomic E-state index is 10.5. The summed E-state index contributed by atoms with van der Waals surface area (Å²) in [5, 5.41) is 14.7. The van der Waals surface area contributed by atoms with Gasteiger partial charge in [-0.25, -0.2) is 0 Å². The Morgan fingerprint density at radius 2 is 2.50 bits per heavy atom. The molecule has 1 aromatic rings. The summed E-state index contributed by atoms with van der Waals surface area (Å²) >= 11 is 0. The van der Waals surface area contributed by atoms with E-state index in [1.165, 1.54) is 0 Å². The van der Waals surface area contributed by atoms with Gasteiger partial charge in [0.2, 0.25) is 0 Å². The van der Waals surface area contributed by atoms with E-state index in [9.17, 15) is 5.11 Å². The van der Waals surface area contributed by atoms with E-state index in [4.69, 9.17) is 5.73 Å². The van der Waals surface area contributed by atoms with Crippen molar-refractivity contribution >= 4 is 0 Å². The number of fused-ring (bicyclic) bond motifs is 1. The highest BCUT2D eigenvalue weighted by molar-refractivity contribution is 5.28. The molecule has 0 aliphatic heterocycles. The first kappa shape index (κ1) is 9.68. The highest BCUT2D eigenvalue weighted by atomic mass is 16.3. The number of nitrogens with two attached hydrogens (primary N) is 1. The third-order valence-electron chi connectivity index (χ3n) is 3.40. The lowest BCUT2D eigenvalue weighted by atomic mass is 9.76. The summed E-state index contributed by atoms with van der Waals surface area (Å²) < 4.78 is 1.75. The van der Waals surface area contributed by atoms with Gasteiger partial charge in [0.05, 0.1) is 11.9 Å². The molecule has 78 valence electrons. The maximum Gasteiger partial charge on any atom is 0.121 e. The lowest BCUT2D eigenvalue weighted by Crippen LogP contribution is -2.45. The van der Waals surface area contributed by atoms with Crippen molar-refractivity contribution in [1.82, 2.24) is 9.78 Å². The molecule has 2 unspecified atom stereocenters. The topological polar surface area (TPSA) is 64.1 Å². The van der Waals surface area contributed by atoms with Crippen LogP contribution in [0.5, 0.6) is 0 Å². The highest BCUT2D eigenvalue weighted by Crippen LogP contribution is 2.38. The molecule has 0 aromatic carbocycles. The van der Waals surface area contributed by atoms with Crippen LogP contribution in [-0.4, -0.2) is 21.4 Å². The lowest BCUT2D eigenvalue weighted by Gasteiger charge is -2.37. The van der Waals surface area contributed by atoms with Gasteiger partial charge in [0.25, 0.3) is 0 Å². The summed E-state index contributed by atoms with van der Waals surface area (Å²) in [7, 11) is 1.86. The van der Waals surface area contributed by atoms with Crippen LogP contribution in [0.1, 0.15) is 24.6 Å². The van der Waals surface area contributed by atoms with Crippen LogP contribution in [0.25, 0.3) is 0 Å². The molecular formula is C10H17N3O. The van der Waals surface area contributed by atoms with Crippen LogP contribution in [0.15, 0.2) is 6.20 Å². The fraction of sp³-hybridized carbons (Fsp3) is 0.700. The average molecular weight is 195 g/mol. The number of aromatic nitrogens is 2. The van der Waals surface area contributed by atoms with Crippen LogP contribution in [-0.2, 0) is 19.1 Å². The maximum atomic E-state index is 10.5. The molecule has 1 aliphatic rings. The molecule has 0 spiro atoms. The van der Waals surface area contributed by atoms with Gasteiger partial charge in [0.1, 0.15) is 5.60 Å². The van der Waals surface area contributed by atoms with Gasteiger partial charge < -0.3 is 10.8 Å². The molecule has 2 rings (SSSR count). The molecule has 4 heteroatoms. The Morgan fingerprint density at radius 3 is 3.14 bits per heavy atom.